The van der Waals surface area contributed by atoms with Gasteiger partial charge in [-0.15, -0.1) is 0 Å². The predicted molar refractivity (Wildman–Crippen MR) is 93.1 cm³/mol. The number of aromatic nitrogens is 3. The minimum absolute atomic E-state index is 0.251. The Morgan fingerprint density at radius 2 is 2.14 bits per heavy atom. The van der Waals surface area contributed by atoms with Crippen LogP contribution in [0.2, 0.25) is 0 Å². The van der Waals surface area contributed by atoms with Gasteiger partial charge in [0.2, 0.25) is 0 Å². The van der Waals surface area contributed by atoms with Gasteiger partial charge in [-0.2, -0.15) is 16.9 Å². The Bertz CT molecular complexity index is 587. The summed E-state index contributed by atoms with van der Waals surface area (Å²) in [5, 5.41) is 4.48. The van der Waals surface area contributed by atoms with Crippen molar-refractivity contribution in [1.82, 2.24) is 14.8 Å². The van der Waals surface area contributed by atoms with Crippen molar-refractivity contribution in [3.63, 3.8) is 0 Å². The zero-order valence-electron chi connectivity index (χ0n) is 13.1. The molecule has 2 N–H and O–H groups in total. The largest absolute Gasteiger partial charge is 0.396 e. The van der Waals surface area contributed by atoms with Gasteiger partial charge in [-0.1, -0.05) is 19.4 Å². The molecule has 0 amide bonds. The Balaban J connectivity index is 1.90. The van der Waals surface area contributed by atoms with Crippen LogP contribution >= 0.6 is 11.8 Å². The van der Waals surface area contributed by atoms with Gasteiger partial charge in [-0.05, 0) is 48.3 Å². The molecule has 4 nitrogen and oxygen atoms in total. The zero-order chi connectivity index (χ0) is 15.4. The van der Waals surface area contributed by atoms with Gasteiger partial charge in [0.15, 0.2) is 0 Å². The molecule has 1 saturated heterocycles. The number of thioether (sulfide) groups is 1. The van der Waals surface area contributed by atoms with E-state index in [0.29, 0.717) is 5.92 Å². The quantitative estimate of drug-likeness (QED) is 0.916. The molecule has 2 aromatic heterocycles. The summed E-state index contributed by atoms with van der Waals surface area (Å²) in [5.41, 5.74) is 9.03. The highest BCUT2D eigenvalue weighted by Gasteiger charge is 2.27. The molecule has 0 bridgehead atoms. The molecule has 2 aromatic rings. The van der Waals surface area contributed by atoms with Crippen molar-refractivity contribution < 1.29 is 0 Å². The lowest BCUT2D eigenvalue weighted by Gasteiger charge is -2.30. The van der Waals surface area contributed by atoms with Crippen LogP contribution in [0.3, 0.4) is 0 Å². The third kappa shape index (κ3) is 3.46. The molecule has 0 spiro atoms. The van der Waals surface area contributed by atoms with Crippen LogP contribution in [-0.4, -0.2) is 26.3 Å². The average molecular weight is 316 g/mol. The van der Waals surface area contributed by atoms with Crippen LogP contribution in [0.25, 0.3) is 0 Å². The van der Waals surface area contributed by atoms with E-state index in [-0.39, 0.29) is 6.04 Å². The van der Waals surface area contributed by atoms with E-state index in [4.69, 9.17) is 5.73 Å². The Hall–Kier alpha value is -1.49. The molecule has 1 aliphatic heterocycles. The van der Waals surface area contributed by atoms with E-state index < -0.39 is 0 Å². The van der Waals surface area contributed by atoms with Gasteiger partial charge in [0.05, 0.1) is 17.9 Å². The fourth-order valence-corrected chi connectivity index (χ4v) is 4.34. The smallest absolute Gasteiger partial charge is 0.0812 e. The lowest BCUT2D eigenvalue weighted by molar-refractivity contribution is 0.331. The van der Waals surface area contributed by atoms with Crippen molar-refractivity contribution in [3.8, 4) is 0 Å². The van der Waals surface area contributed by atoms with Gasteiger partial charge in [0.1, 0.15) is 0 Å². The first kappa shape index (κ1) is 15.4. The predicted octanol–water partition coefficient (Wildman–Crippen LogP) is 3.55. The molecular weight excluding hydrogens is 292 g/mol. The highest BCUT2D eigenvalue weighted by atomic mass is 32.2. The topological polar surface area (TPSA) is 56.7 Å². The molecule has 1 fully saturated rings. The molecule has 0 aliphatic carbocycles. The molecule has 0 saturated carbocycles. The van der Waals surface area contributed by atoms with E-state index in [1.165, 1.54) is 35.6 Å². The number of nitrogens with two attached hydrogens (primary N) is 1. The maximum Gasteiger partial charge on any atom is 0.0812 e. The van der Waals surface area contributed by atoms with Crippen LogP contribution in [-0.2, 0) is 6.42 Å². The van der Waals surface area contributed by atoms with Crippen LogP contribution in [0, 0.1) is 5.92 Å². The zero-order valence-corrected chi connectivity index (χ0v) is 13.9. The second-order valence-electron chi connectivity index (χ2n) is 5.98. The molecule has 3 rings (SSSR count). The summed E-state index contributed by atoms with van der Waals surface area (Å²) in [4.78, 5) is 4.64. The lowest BCUT2D eigenvalue weighted by atomic mass is 9.89. The normalized spacial score (nSPS) is 17.5. The molecule has 5 heteroatoms. The van der Waals surface area contributed by atoms with Crippen LogP contribution in [0.5, 0.6) is 0 Å². The molecule has 22 heavy (non-hydrogen) atoms. The van der Waals surface area contributed by atoms with E-state index in [9.17, 15) is 0 Å². The number of hydrogen-bond donors (Lipinski definition) is 1. The van der Waals surface area contributed by atoms with Crippen molar-refractivity contribution in [2.45, 2.75) is 38.6 Å². The summed E-state index contributed by atoms with van der Waals surface area (Å²) in [5.74, 6) is 3.08. The fourth-order valence-electron chi connectivity index (χ4n) is 3.19. The average Bonchev–Trinajstić information content (AvgIpc) is 2.97. The van der Waals surface area contributed by atoms with E-state index in [2.05, 4.69) is 40.9 Å². The maximum absolute atomic E-state index is 5.88. The van der Waals surface area contributed by atoms with Crippen molar-refractivity contribution in [2.75, 3.05) is 17.2 Å². The Kier molecular flexibility index (Phi) is 5.03. The Morgan fingerprint density at radius 3 is 2.73 bits per heavy atom. The van der Waals surface area contributed by atoms with Crippen molar-refractivity contribution in [3.05, 3.63) is 42.0 Å². The number of aryl methyl sites for hydroxylation is 1. The highest BCUT2D eigenvalue weighted by Crippen LogP contribution is 2.36. The molecule has 1 unspecified atom stereocenters. The van der Waals surface area contributed by atoms with Crippen LogP contribution in [0.1, 0.15) is 43.5 Å². The van der Waals surface area contributed by atoms with E-state index >= 15 is 0 Å². The molecule has 1 aliphatic rings. The van der Waals surface area contributed by atoms with Gasteiger partial charge in [-0.25, -0.2) is 0 Å². The standard InChI is InChI=1S/C17H24N4S/c1-2-3-16-5-4-14(10-19-16)17(13-6-8-22-9-7-13)21-12-15(18)11-20-21/h4-5,10-13,17H,2-3,6-9,18H2,1H3. The van der Waals surface area contributed by atoms with Crippen LogP contribution in [0.4, 0.5) is 5.69 Å². The molecule has 0 radical (unpaired) electrons. The SMILES string of the molecule is CCCc1ccc(C(C2CCSCC2)n2cc(N)cn2)cn1. The second-order valence-corrected chi connectivity index (χ2v) is 7.21. The summed E-state index contributed by atoms with van der Waals surface area (Å²) >= 11 is 2.05. The Morgan fingerprint density at radius 1 is 1.32 bits per heavy atom. The number of pyridine rings is 1. The van der Waals surface area contributed by atoms with Gasteiger partial charge in [0, 0.05) is 18.1 Å². The monoisotopic (exact) mass is 316 g/mol. The first-order valence-electron chi connectivity index (χ1n) is 8.10. The fraction of sp³-hybridized carbons (Fsp3) is 0.529. The molecule has 3 heterocycles. The lowest BCUT2D eigenvalue weighted by Crippen LogP contribution is -2.25. The van der Waals surface area contributed by atoms with Crippen molar-refractivity contribution in [1.29, 1.82) is 0 Å². The number of nitrogen functional groups attached to an aromatic ring is 1. The minimum atomic E-state index is 0.251. The van der Waals surface area contributed by atoms with Crippen LogP contribution < -0.4 is 5.73 Å². The molecule has 118 valence electrons. The number of rotatable bonds is 5. The second kappa shape index (κ2) is 7.18. The van der Waals surface area contributed by atoms with E-state index in [0.717, 1.165) is 18.5 Å². The first-order valence-corrected chi connectivity index (χ1v) is 9.25. The van der Waals surface area contributed by atoms with Gasteiger partial charge in [-0.3, -0.25) is 9.67 Å². The van der Waals surface area contributed by atoms with Gasteiger partial charge < -0.3 is 5.73 Å². The first-order chi connectivity index (χ1) is 10.8. The molecule has 1 atom stereocenters. The number of nitrogens with zero attached hydrogens (tertiary/aromatic N) is 3. The summed E-state index contributed by atoms with van der Waals surface area (Å²) in [6, 6.07) is 4.64. The summed E-state index contributed by atoms with van der Waals surface area (Å²) in [6.07, 6.45) is 10.4. The molecular formula is C17H24N4S. The van der Waals surface area contributed by atoms with Gasteiger partial charge >= 0.3 is 0 Å². The maximum atomic E-state index is 5.88. The van der Waals surface area contributed by atoms with Gasteiger partial charge in [0.25, 0.3) is 0 Å². The minimum Gasteiger partial charge on any atom is -0.396 e. The van der Waals surface area contributed by atoms with Crippen LogP contribution in [0.15, 0.2) is 30.7 Å². The number of hydrogen-bond acceptors (Lipinski definition) is 4. The van der Waals surface area contributed by atoms with Crippen molar-refractivity contribution in [2.24, 2.45) is 5.92 Å². The van der Waals surface area contributed by atoms with Crippen molar-refractivity contribution >= 4 is 17.4 Å². The number of anilines is 1. The third-order valence-corrected chi connectivity index (χ3v) is 5.36. The highest BCUT2D eigenvalue weighted by molar-refractivity contribution is 7.99. The van der Waals surface area contributed by atoms with E-state index in [1.54, 1.807) is 6.20 Å². The third-order valence-electron chi connectivity index (χ3n) is 4.31. The summed E-state index contributed by atoms with van der Waals surface area (Å²) in [7, 11) is 0. The summed E-state index contributed by atoms with van der Waals surface area (Å²) < 4.78 is 2.03. The van der Waals surface area contributed by atoms with E-state index in [1.807, 2.05) is 17.1 Å². The molecule has 0 aromatic carbocycles. The Labute approximate surface area is 136 Å². The summed E-state index contributed by atoms with van der Waals surface area (Å²) in [6.45, 7) is 2.19.